The van der Waals surface area contributed by atoms with E-state index in [0.29, 0.717) is 6.61 Å². The first-order chi connectivity index (χ1) is 9.52. The molecule has 108 valence electrons. The summed E-state index contributed by atoms with van der Waals surface area (Å²) in [7, 11) is 0. The molecule has 0 bridgehead atoms. The fourth-order valence-corrected chi connectivity index (χ4v) is 2.62. The average Bonchev–Trinajstić information content (AvgIpc) is 2.66. The Morgan fingerprint density at radius 3 is 2.80 bits per heavy atom. The Balaban J connectivity index is 2.47. The number of rotatable bonds is 6. The molecule has 3 nitrogen and oxygen atoms in total. The first-order valence-corrected chi connectivity index (χ1v) is 7.23. The lowest BCUT2D eigenvalue weighted by Crippen LogP contribution is -2.27. The molecule has 2 rings (SSSR count). The zero-order valence-electron chi connectivity index (χ0n) is 12.6. The minimum absolute atomic E-state index is 0.0416. The van der Waals surface area contributed by atoms with Crippen LogP contribution in [0.1, 0.15) is 44.7 Å². The predicted molar refractivity (Wildman–Crippen MR) is 82.4 cm³/mol. The third-order valence-corrected chi connectivity index (χ3v) is 3.84. The molecule has 0 unspecified atom stereocenters. The van der Waals surface area contributed by atoms with Crippen molar-refractivity contribution in [3.05, 3.63) is 35.9 Å². The predicted octanol–water partition coefficient (Wildman–Crippen LogP) is 3.82. The maximum atomic E-state index is 12.2. The lowest BCUT2D eigenvalue weighted by atomic mass is 9.84. The minimum Gasteiger partial charge on any atom is -0.489 e. The highest BCUT2D eigenvalue weighted by Gasteiger charge is 2.42. The molecular formula is C17H23NO2. The van der Waals surface area contributed by atoms with Gasteiger partial charge in [-0.3, -0.25) is 4.79 Å². The lowest BCUT2D eigenvalue weighted by molar-refractivity contribution is -0.119. The van der Waals surface area contributed by atoms with Crippen LogP contribution in [0.3, 0.4) is 0 Å². The molecule has 1 aliphatic heterocycles. The molecular weight excluding hydrogens is 250 g/mol. The molecule has 1 aliphatic rings. The number of nitrogens with one attached hydrogen (secondary N) is 1. The molecule has 1 heterocycles. The van der Waals surface area contributed by atoms with Gasteiger partial charge in [-0.2, -0.15) is 0 Å². The highest BCUT2D eigenvalue weighted by atomic mass is 16.5. The summed E-state index contributed by atoms with van der Waals surface area (Å²) in [5.41, 5.74) is 2.59. The summed E-state index contributed by atoms with van der Waals surface area (Å²) in [6.45, 7) is 10.2. The minimum atomic E-state index is -0.548. The number of hydrogen-bond acceptors (Lipinski definition) is 2. The molecule has 0 spiro atoms. The average molecular weight is 273 g/mol. The first kappa shape index (κ1) is 14.6. The molecule has 1 N–H and O–H groups in total. The molecule has 0 fully saturated rings. The first-order valence-electron chi connectivity index (χ1n) is 7.23. The van der Waals surface area contributed by atoms with Crippen LogP contribution in [0.5, 0.6) is 5.75 Å². The van der Waals surface area contributed by atoms with Gasteiger partial charge in [0, 0.05) is 5.56 Å². The van der Waals surface area contributed by atoms with Crippen molar-refractivity contribution in [1.82, 2.24) is 0 Å². The fourth-order valence-electron chi connectivity index (χ4n) is 2.62. The monoisotopic (exact) mass is 273 g/mol. The number of hydrogen-bond donors (Lipinski definition) is 1. The lowest BCUT2D eigenvalue weighted by Gasteiger charge is -2.20. The van der Waals surface area contributed by atoms with E-state index in [1.807, 2.05) is 19.9 Å². The highest BCUT2D eigenvalue weighted by Crippen LogP contribution is 2.45. The van der Waals surface area contributed by atoms with Crippen LogP contribution >= 0.6 is 0 Å². The molecule has 0 aromatic heterocycles. The number of amides is 1. The molecule has 0 atom stereocenters. The van der Waals surface area contributed by atoms with Crippen molar-refractivity contribution in [2.45, 2.75) is 45.4 Å². The standard InChI is InChI=1S/C17H23NO2/c1-5-7-8-12-9-10-13(20-11-6-2)14-15(12)18-16(19)17(14,3)4/h6,9-10H,2,5,7-8,11H2,1,3-4H3,(H,18,19). The highest BCUT2D eigenvalue weighted by molar-refractivity contribution is 6.07. The van der Waals surface area contributed by atoms with E-state index in [9.17, 15) is 4.79 Å². The normalized spacial score (nSPS) is 15.7. The van der Waals surface area contributed by atoms with Crippen molar-refractivity contribution >= 4 is 11.6 Å². The van der Waals surface area contributed by atoms with Gasteiger partial charge >= 0.3 is 0 Å². The quantitative estimate of drug-likeness (QED) is 0.800. The number of carbonyl (C=O) groups is 1. The molecule has 0 radical (unpaired) electrons. The van der Waals surface area contributed by atoms with Crippen LogP contribution in [0.25, 0.3) is 0 Å². The Kier molecular flexibility index (Phi) is 4.17. The Bertz CT molecular complexity index is 532. The second-order valence-electron chi connectivity index (χ2n) is 5.76. The van der Waals surface area contributed by atoms with Crippen LogP contribution in [-0.4, -0.2) is 12.5 Å². The molecule has 0 aliphatic carbocycles. The van der Waals surface area contributed by atoms with Crippen LogP contribution in [0.2, 0.25) is 0 Å². The van der Waals surface area contributed by atoms with Crippen molar-refractivity contribution < 1.29 is 9.53 Å². The SMILES string of the molecule is C=CCOc1ccc(CCCC)c2c1C(C)(C)C(=O)N2. The van der Waals surface area contributed by atoms with Gasteiger partial charge in [-0.25, -0.2) is 0 Å². The van der Waals surface area contributed by atoms with Gasteiger partial charge in [0.2, 0.25) is 5.91 Å². The Hall–Kier alpha value is -1.77. The van der Waals surface area contributed by atoms with Gasteiger partial charge in [0.25, 0.3) is 0 Å². The Morgan fingerprint density at radius 2 is 2.15 bits per heavy atom. The zero-order valence-corrected chi connectivity index (χ0v) is 12.6. The third-order valence-electron chi connectivity index (χ3n) is 3.84. The van der Waals surface area contributed by atoms with Gasteiger partial charge in [0.15, 0.2) is 0 Å². The Labute approximate surface area is 121 Å². The summed E-state index contributed by atoms with van der Waals surface area (Å²) in [5, 5.41) is 3.04. The smallest absolute Gasteiger partial charge is 0.234 e. The van der Waals surface area contributed by atoms with Gasteiger partial charge in [0.1, 0.15) is 12.4 Å². The number of aryl methyl sites for hydroxylation is 1. The number of ether oxygens (including phenoxy) is 1. The van der Waals surface area contributed by atoms with Crippen molar-refractivity contribution in [1.29, 1.82) is 0 Å². The summed E-state index contributed by atoms with van der Waals surface area (Å²) in [6, 6.07) is 4.05. The third kappa shape index (κ3) is 2.45. The second-order valence-corrected chi connectivity index (χ2v) is 5.76. The molecule has 3 heteroatoms. The molecule has 1 aromatic rings. The van der Waals surface area contributed by atoms with Crippen LogP contribution in [0, 0.1) is 0 Å². The van der Waals surface area contributed by atoms with E-state index in [2.05, 4.69) is 24.9 Å². The maximum Gasteiger partial charge on any atom is 0.234 e. The summed E-state index contributed by atoms with van der Waals surface area (Å²) >= 11 is 0. The maximum absolute atomic E-state index is 12.2. The number of fused-ring (bicyclic) bond motifs is 1. The van der Waals surface area contributed by atoms with E-state index in [4.69, 9.17) is 4.74 Å². The largest absolute Gasteiger partial charge is 0.489 e. The van der Waals surface area contributed by atoms with Crippen LogP contribution in [-0.2, 0) is 16.6 Å². The topological polar surface area (TPSA) is 38.3 Å². The zero-order chi connectivity index (χ0) is 14.8. The van der Waals surface area contributed by atoms with Gasteiger partial charge in [-0.05, 0) is 38.3 Å². The Morgan fingerprint density at radius 1 is 1.40 bits per heavy atom. The van der Waals surface area contributed by atoms with Gasteiger partial charge < -0.3 is 10.1 Å². The van der Waals surface area contributed by atoms with E-state index in [1.54, 1.807) is 6.08 Å². The molecule has 1 aromatic carbocycles. The van der Waals surface area contributed by atoms with Crippen LogP contribution in [0.15, 0.2) is 24.8 Å². The number of benzene rings is 1. The summed E-state index contributed by atoms with van der Waals surface area (Å²) in [4.78, 5) is 12.2. The van der Waals surface area contributed by atoms with Crippen molar-refractivity contribution in [3.63, 3.8) is 0 Å². The van der Waals surface area contributed by atoms with Crippen molar-refractivity contribution in [2.75, 3.05) is 11.9 Å². The number of anilines is 1. The molecule has 20 heavy (non-hydrogen) atoms. The molecule has 1 amide bonds. The van der Waals surface area contributed by atoms with E-state index >= 15 is 0 Å². The van der Waals surface area contributed by atoms with Crippen LogP contribution in [0.4, 0.5) is 5.69 Å². The van der Waals surface area contributed by atoms with Crippen molar-refractivity contribution in [2.24, 2.45) is 0 Å². The van der Waals surface area contributed by atoms with Crippen molar-refractivity contribution in [3.8, 4) is 5.75 Å². The van der Waals surface area contributed by atoms with Gasteiger partial charge in [0.05, 0.1) is 11.1 Å². The van der Waals surface area contributed by atoms with E-state index < -0.39 is 5.41 Å². The summed E-state index contributed by atoms with van der Waals surface area (Å²) in [5.74, 6) is 0.823. The molecule has 0 saturated heterocycles. The van der Waals surface area contributed by atoms with Crippen LogP contribution < -0.4 is 10.1 Å². The molecule has 0 saturated carbocycles. The summed E-state index contributed by atoms with van der Waals surface area (Å²) in [6.07, 6.45) is 4.96. The van der Waals surface area contributed by atoms with E-state index in [0.717, 1.165) is 36.3 Å². The number of carbonyl (C=O) groups excluding carboxylic acids is 1. The number of unbranched alkanes of at least 4 members (excludes halogenated alkanes) is 1. The van der Waals surface area contributed by atoms with E-state index in [1.165, 1.54) is 5.56 Å². The summed E-state index contributed by atoms with van der Waals surface area (Å²) < 4.78 is 5.73. The fraction of sp³-hybridized carbons (Fsp3) is 0.471. The second kappa shape index (κ2) is 5.70. The van der Waals surface area contributed by atoms with Gasteiger partial charge in [-0.1, -0.05) is 32.1 Å². The van der Waals surface area contributed by atoms with E-state index in [-0.39, 0.29) is 5.91 Å². The van der Waals surface area contributed by atoms with Gasteiger partial charge in [-0.15, -0.1) is 0 Å².